The highest BCUT2D eigenvalue weighted by Gasteiger charge is 2.08. The maximum Gasteiger partial charge on any atom is 0.131 e. The minimum Gasteiger partial charge on any atom is -0.489 e. The molecule has 2 rings (SSSR count). The summed E-state index contributed by atoms with van der Waals surface area (Å²) in [6.45, 7) is 0.0207. The van der Waals surface area contributed by atoms with Crippen LogP contribution < -0.4 is 10.5 Å². The molecule has 0 amide bonds. The van der Waals surface area contributed by atoms with Gasteiger partial charge in [0.1, 0.15) is 24.0 Å². The molecule has 2 aromatic carbocycles. The van der Waals surface area contributed by atoms with Crippen LogP contribution in [0.3, 0.4) is 0 Å². The van der Waals surface area contributed by atoms with E-state index in [0.29, 0.717) is 21.9 Å². The van der Waals surface area contributed by atoms with E-state index in [-0.39, 0.29) is 12.4 Å². The Morgan fingerprint density at radius 2 is 2.00 bits per heavy atom. The second kappa shape index (κ2) is 5.71. The molecule has 98 valence electrons. The van der Waals surface area contributed by atoms with Crippen LogP contribution in [0.15, 0.2) is 42.5 Å². The van der Waals surface area contributed by atoms with E-state index < -0.39 is 5.82 Å². The topological polar surface area (TPSA) is 59.1 Å². The van der Waals surface area contributed by atoms with E-state index in [2.05, 4.69) is 0 Å². The molecular formula is C14H12ClFN2O. The summed E-state index contributed by atoms with van der Waals surface area (Å²) in [5.74, 6) is 0.0524. The monoisotopic (exact) mass is 278 g/mol. The van der Waals surface area contributed by atoms with Crippen molar-refractivity contribution in [2.75, 3.05) is 0 Å². The number of hydrogen-bond acceptors (Lipinski definition) is 2. The Bertz CT molecular complexity index is 596. The van der Waals surface area contributed by atoms with Gasteiger partial charge in [-0.05, 0) is 24.3 Å². The molecule has 0 heterocycles. The highest BCUT2D eigenvalue weighted by Crippen LogP contribution is 2.21. The van der Waals surface area contributed by atoms with Gasteiger partial charge in [0.25, 0.3) is 0 Å². The minimum atomic E-state index is -0.407. The predicted molar refractivity (Wildman–Crippen MR) is 73.2 cm³/mol. The second-order valence-corrected chi connectivity index (χ2v) is 4.34. The van der Waals surface area contributed by atoms with Crippen LogP contribution >= 0.6 is 11.6 Å². The van der Waals surface area contributed by atoms with Crippen LogP contribution in [0, 0.1) is 11.2 Å². The Balaban J connectivity index is 2.15. The van der Waals surface area contributed by atoms with Crippen LogP contribution in [-0.2, 0) is 6.61 Å². The average molecular weight is 279 g/mol. The number of rotatable bonds is 4. The van der Waals surface area contributed by atoms with Crippen molar-refractivity contribution in [3.8, 4) is 5.75 Å². The van der Waals surface area contributed by atoms with E-state index >= 15 is 0 Å². The maximum absolute atomic E-state index is 13.5. The van der Waals surface area contributed by atoms with Crippen molar-refractivity contribution in [2.45, 2.75) is 6.61 Å². The lowest BCUT2D eigenvalue weighted by atomic mass is 10.2. The van der Waals surface area contributed by atoms with Gasteiger partial charge in [-0.25, -0.2) is 4.39 Å². The lowest BCUT2D eigenvalue weighted by Gasteiger charge is -2.09. The molecule has 0 aliphatic heterocycles. The third-order valence-corrected chi connectivity index (χ3v) is 2.94. The molecule has 0 spiro atoms. The first-order valence-corrected chi connectivity index (χ1v) is 5.96. The largest absolute Gasteiger partial charge is 0.489 e. The molecule has 0 atom stereocenters. The van der Waals surface area contributed by atoms with Crippen LogP contribution in [0.4, 0.5) is 4.39 Å². The maximum atomic E-state index is 13.5. The average Bonchev–Trinajstić information content (AvgIpc) is 2.38. The highest BCUT2D eigenvalue weighted by atomic mass is 35.5. The van der Waals surface area contributed by atoms with Crippen LogP contribution in [0.2, 0.25) is 5.02 Å². The lowest BCUT2D eigenvalue weighted by Crippen LogP contribution is -2.11. The Kier molecular flexibility index (Phi) is 4.02. The van der Waals surface area contributed by atoms with Gasteiger partial charge in [0, 0.05) is 11.1 Å². The first kappa shape index (κ1) is 13.4. The lowest BCUT2D eigenvalue weighted by molar-refractivity contribution is 0.300. The fourth-order valence-corrected chi connectivity index (χ4v) is 1.80. The number of ether oxygens (including phenoxy) is 1. The predicted octanol–water partition coefficient (Wildman–Crippen LogP) is 3.34. The van der Waals surface area contributed by atoms with Gasteiger partial charge < -0.3 is 10.5 Å². The molecule has 3 N–H and O–H groups in total. The van der Waals surface area contributed by atoms with E-state index in [1.165, 1.54) is 12.1 Å². The smallest absolute Gasteiger partial charge is 0.131 e. The molecule has 19 heavy (non-hydrogen) atoms. The second-order valence-electron chi connectivity index (χ2n) is 3.93. The van der Waals surface area contributed by atoms with Crippen LogP contribution in [0.25, 0.3) is 0 Å². The molecule has 5 heteroatoms. The molecule has 0 radical (unpaired) electrons. The van der Waals surface area contributed by atoms with Crippen molar-refractivity contribution in [3.05, 3.63) is 64.4 Å². The van der Waals surface area contributed by atoms with E-state index in [9.17, 15) is 4.39 Å². The van der Waals surface area contributed by atoms with Gasteiger partial charge in [0.05, 0.1) is 5.02 Å². The number of halogens is 2. The van der Waals surface area contributed by atoms with Crippen molar-refractivity contribution in [2.24, 2.45) is 5.73 Å². The first-order valence-electron chi connectivity index (χ1n) is 5.58. The summed E-state index contributed by atoms with van der Waals surface area (Å²) in [6, 6.07) is 11.2. The van der Waals surface area contributed by atoms with Gasteiger partial charge in [0.15, 0.2) is 0 Å². The van der Waals surface area contributed by atoms with Gasteiger partial charge in [-0.2, -0.15) is 0 Å². The molecule has 0 bridgehead atoms. The molecule has 0 aliphatic carbocycles. The molecule has 0 unspecified atom stereocenters. The van der Waals surface area contributed by atoms with Crippen molar-refractivity contribution in [3.63, 3.8) is 0 Å². The van der Waals surface area contributed by atoms with Crippen molar-refractivity contribution >= 4 is 17.4 Å². The molecule has 0 aliphatic rings. The Hall–Kier alpha value is -2.07. The molecular weight excluding hydrogens is 267 g/mol. The van der Waals surface area contributed by atoms with E-state index in [1.54, 1.807) is 30.3 Å². The number of benzene rings is 2. The fraction of sp³-hybridized carbons (Fsp3) is 0.0714. The van der Waals surface area contributed by atoms with Crippen LogP contribution in [-0.4, -0.2) is 5.84 Å². The zero-order valence-electron chi connectivity index (χ0n) is 9.99. The Morgan fingerprint density at radius 3 is 2.68 bits per heavy atom. The summed E-state index contributed by atoms with van der Waals surface area (Å²) in [7, 11) is 0. The van der Waals surface area contributed by atoms with E-state index in [1.807, 2.05) is 0 Å². The number of hydrogen-bond donors (Lipinski definition) is 2. The zero-order valence-corrected chi connectivity index (χ0v) is 10.7. The zero-order chi connectivity index (χ0) is 13.8. The Morgan fingerprint density at radius 1 is 1.26 bits per heavy atom. The molecule has 0 aromatic heterocycles. The van der Waals surface area contributed by atoms with Crippen LogP contribution in [0.5, 0.6) is 5.75 Å². The minimum absolute atomic E-state index is 0.0207. The van der Waals surface area contributed by atoms with Crippen LogP contribution in [0.1, 0.15) is 11.1 Å². The standard InChI is InChI=1S/C14H12ClFN2O/c15-12-5-2-6-13(16)11(12)8-19-10-4-1-3-9(7-10)14(17)18/h1-7H,8H2,(H3,17,18). The summed E-state index contributed by atoms with van der Waals surface area (Å²) < 4.78 is 19.0. The molecule has 0 saturated carbocycles. The van der Waals surface area contributed by atoms with Gasteiger partial charge >= 0.3 is 0 Å². The van der Waals surface area contributed by atoms with E-state index in [0.717, 1.165) is 0 Å². The number of nitrogens with one attached hydrogen (secondary N) is 1. The summed E-state index contributed by atoms with van der Waals surface area (Å²) in [6.07, 6.45) is 0. The number of nitrogen functional groups attached to an aromatic ring is 1. The third-order valence-electron chi connectivity index (χ3n) is 2.59. The number of nitrogens with two attached hydrogens (primary N) is 1. The van der Waals surface area contributed by atoms with E-state index in [4.69, 9.17) is 27.5 Å². The van der Waals surface area contributed by atoms with Gasteiger partial charge in [0.2, 0.25) is 0 Å². The van der Waals surface area contributed by atoms with Gasteiger partial charge in [-0.3, -0.25) is 5.41 Å². The van der Waals surface area contributed by atoms with Crippen molar-refractivity contribution < 1.29 is 9.13 Å². The quantitative estimate of drug-likeness (QED) is 0.666. The first-order chi connectivity index (χ1) is 9.08. The van der Waals surface area contributed by atoms with Crippen molar-refractivity contribution in [1.29, 1.82) is 5.41 Å². The third kappa shape index (κ3) is 3.23. The highest BCUT2D eigenvalue weighted by molar-refractivity contribution is 6.31. The normalized spacial score (nSPS) is 10.2. The SMILES string of the molecule is N=C(N)c1cccc(OCc2c(F)cccc2Cl)c1. The summed E-state index contributed by atoms with van der Waals surface area (Å²) in [4.78, 5) is 0. The molecule has 2 aromatic rings. The summed E-state index contributed by atoms with van der Waals surface area (Å²) >= 11 is 5.90. The molecule has 0 saturated heterocycles. The number of amidine groups is 1. The summed E-state index contributed by atoms with van der Waals surface area (Å²) in [5.41, 5.74) is 6.24. The van der Waals surface area contributed by atoms with Gasteiger partial charge in [-0.15, -0.1) is 0 Å². The Labute approximate surface area is 115 Å². The molecule has 3 nitrogen and oxygen atoms in total. The van der Waals surface area contributed by atoms with Crippen molar-refractivity contribution in [1.82, 2.24) is 0 Å². The summed E-state index contributed by atoms with van der Waals surface area (Å²) in [5, 5.41) is 7.66. The fourth-order valence-electron chi connectivity index (χ4n) is 1.58. The molecule has 0 fully saturated rings. The van der Waals surface area contributed by atoms with Gasteiger partial charge in [-0.1, -0.05) is 29.8 Å².